The molecule has 3 unspecified atom stereocenters. The molecule has 3 atom stereocenters. The number of hydrogen-bond acceptors (Lipinski definition) is 4. The van der Waals surface area contributed by atoms with E-state index in [2.05, 4.69) is 5.32 Å². The van der Waals surface area contributed by atoms with Gasteiger partial charge in [0.25, 0.3) is 0 Å². The highest BCUT2D eigenvalue weighted by Gasteiger charge is 2.29. The fourth-order valence-corrected chi connectivity index (χ4v) is 1.93. The molecule has 1 fully saturated rings. The van der Waals surface area contributed by atoms with Gasteiger partial charge in [0, 0.05) is 19.2 Å². The summed E-state index contributed by atoms with van der Waals surface area (Å²) in [5.41, 5.74) is 0. The van der Waals surface area contributed by atoms with E-state index < -0.39 is 24.7 Å². The molecule has 1 rings (SSSR count). The largest absolute Gasteiger partial charge is 0.390 e. The number of alkyl halides is 3. The first-order valence-electron chi connectivity index (χ1n) is 6.54. The zero-order valence-electron chi connectivity index (χ0n) is 11.1. The summed E-state index contributed by atoms with van der Waals surface area (Å²) in [6, 6.07) is -0.715. The van der Waals surface area contributed by atoms with Crippen LogP contribution in [0.4, 0.5) is 13.2 Å². The Bertz CT molecular complexity index is 245. The number of halogens is 3. The van der Waals surface area contributed by atoms with Crippen LogP contribution in [0.1, 0.15) is 26.2 Å². The van der Waals surface area contributed by atoms with E-state index in [9.17, 15) is 18.3 Å². The lowest BCUT2D eigenvalue weighted by molar-refractivity contribution is -0.139. The van der Waals surface area contributed by atoms with Crippen LogP contribution in [-0.4, -0.2) is 55.9 Å². The van der Waals surface area contributed by atoms with E-state index in [1.807, 2.05) is 0 Å². The highest BCUT2D eigenvalue weighted by Crippen LogP contribution is 2.21. The molecule has 0 aromatic carbocycles. The molecule has 0 aromatic rings. The summed E-state index contributed by atoms with van der Waals surface area (Å²) in [5.74, 6) is 0. The first kappa shape index (κ1) is 16.7. The van der Waals surface area contributed by atoms with Crippen molar-refractivity contribution in [2.75, 3.05) is 26.4 Å². The van der Waals surface area contributed by atoms with Gasteiger partial charge in [0.2, 0.25) is 0 Å². The van der Waals surface area contributed by atoms with E-state index in [1.54, 1.807) is 0 Å². The van der Waals surface area contributed by atoms with E-state index in [0.29, 0.717) is 6.61 Å². The fraction of sp³-hybridized carbons (Fsp3) is 1.00. The van der Waals surface area contributed by atoms with Gasteiger partial charge in [-0.25, -0.2) is 0 Å². The van der Waals surface area contributed by atoms with Crippen LogP contribution in [0.3, 0.4) is 0 Å². The minimum absolute atomic E-state index is 0.0861. The lowest BCUT2D eigenvalue weighted by atomic mass is 10.2. The second kappa shape index (κ2) is 8.04. The molecule has 1 aliphatic rings. The highest BCUT2D eigenvalue weighted by molar-refractivity contribution is 4.69. The van der Waals surface area contributed by atoms with Crippen LogP contribution in [0.25, 0.3) is 0 Å². The van der Waals surface area contributed by atoms with Gasteiger partial charge in [-0.2, -0.15) is 13.2 Å². The second-order valence-electron chi connectivity index (χ2n) is 4.95. The predicted octanol–water partition coefficient (Wildman–Crippen LogP) is 1.47. The number of aliphatic hydroxyl groups excluding tert-OH is 1. The molecule has 114 valence electrons. The second-order valence-corrected chi connectivity index (χ2v) is 4.95. The highest BCUT2D eigenvalue weighted by atomic mass is 19.4. The first-order valence-corrected chi connectivity index (χ1v) is 6.54. The van der Waals surface area contributed by atoms with Gasteiger partial charge in [0.15, 0.2) is 0 Å². The van der Waals surface area contributed by atoms with Crippen molar-refractivity contribution in [1.82, 2.24) is 5.32 Å². The Labute approximate surface area is 111 Å². The molecule has 0 spiro atoms. The molecule has 0 aromatic heterocycles. The summed E-state index contributed by atoms with van der Waals surface area (Å²) in [6.07, 6.45) is -3.84. The molecule has 1 heterocycles. The quantitative estimate of drug-likeness (QED) is 0.709. The number of hydrogen-bond donors (Lipinski definition) is 2. The molecule has 4 nitrogen and oxygen atoms in total. The maximum Gasteiger partial charge on any atom is 0.390 e. The number of aliphatic hydroxyl groups is 1. The van der Waals surface area contributed by atoms with Crippen LogP contribution in [0.5, 0.6) is 0 Å². The molecule has 0 amide bonds. The van der Waals surface area contributed by atoms with Crippen LogP contribution in [0, 0.1) is 0 Å². The average molecular weight is 285 g/mol. The van der Waals surface area contributed by atoms with Gasteiger partial charge >= 0.3 is 6.18 Å². The zero-order valence-corrected chi connectivity index (χ0v) is 11.1. The average Bonchev–Trinajstić information content (AvgIpc) is 2.77. The van der Waals surface area contributed by atoms with Gasteiger partial charge in [0.1, 0.15) is 0 Å². The van der Waals surface area contributed by atoms with Gasteiger partial charge in [-0.1, -0.05) is 0 Å². The Kier molecular flexibility index (Phi) is 7.06. The third kappa shape index (κ3) is 8.41. The molecule has 19 heavy (non-hydrogen) atoms. The maximum absolute atomic E-state index is 12.1. The van der Waals surface area contributed by atoms with Crippen LogP contribution in [0.2, 0.25) is 0 Å². The van der Waals surface area contributed by atoms with E-state index in [-0.39, 0.29) is 19.3 Å². The topological polar surface area (TPSA) is 50.7 Å². The Morgan fingerprint density at radius 2 is 2.21 bits per heavy atom. The predicted molar refractivity (Wildman–Crippen MR) is 63.9 cm³/mol. The normalized spacial score (nSPS) is 23.5. The van der Waals surface area contributed by atoms with Crippen LogP contribution in [0.15, 0.2) is 0 Å². The smallest absolute Gasteiger partial charge is 0.389 e. The molecule has 7 heteroatoms. The van der Waals surface area contributed by atoms with Gasteiger partial charge in [-0.3, -0.25) is 0 Å². The van der Waals surface area contributed by atoms with E-state index in [4.69, 9.17) is 9.47 Å². The molecule has 0 radical (unpaired) electrons. The van der Waals surface area contributed by atoms with Crippen LogP contribution < -0.4 is 5.32 Å². The van der Waals surface area contributed by atoms with E-state index in [0.717, 1.165) is 19.4 Å². The SMILES string of the molecule is CC(CC(F)(F)F)NCC(O)COCC1CCCO1. The van der Waals surface area contributed by atoms with Crippen molar-refractivity contribution in [2.24, 2.45) is 0 Å². The summed E-state index contributed by atoms with van der Waals surface area (Å²) in [5, 5.41) is 12.2. The van der Waals surface area contributed by atoms with Crippen LogP contribution >= 0.6 is 0 Å². The molecule has 1 aliphatic heterocycles. The Balaban J connectivity index is 2.02. The van der Waals surface area contributed by atoms with Crippen molar-refractivity contribution in [3.63, 3.8) is 0 Å². The van der Waals surface area contributed by atoms with Gasteiger partial charge in [0.05, 0.1) is 31.8 Å². The van der Waals surface area contributed by atoms with Crippen molar-refractivity contribution >= 4 is 0 Å². The summed E-state index contributed by atoms with van der Waals surface area (Å²) < 4.78 is 46.8. The molecular weight excluding hydrogens is 263 g/mol. The zero-order chi connectivity index (χ0) is 14.3. The Morgan fingerprint density at radius 3 is 2.79 bits per heavy atom. The number of ether oxygens (including phenoxy) is 2. The van der Waals surface area contributed by atoms with E-state index >= 15 is 0 Å². The molecule has 0 bridgehead atoms. The Morgan fingerprint density at radius 1 is 1.47 bits per heavy atom. The minimum Gasteiger partial charge on any atom is -0.389 e. The van der Waals surface area contributed by atoms with Crippen molar-refractivity contribution in [2.45, 2.75) is 50.6 Å². The number of nitrogens with one attached hydrogen (secondary N) is 1. The summed E-state index contributed by atoms with van der Waals surface area (Å²) in [6.45, 7) is 2.80. The van der Waals surface area contributed by atoms with Crippen molar-refractivity contribution in [3.05, 3.63) is 0 Å². The van der Waals surface area contributed by atoms with Crippen molar-refractivity contribution < 1.29 is 27.8 Å². The number of rotatable bonds is 8. The molecule has 0 aliphatic carbocycles. The lowest BCUT2D eigenvalue weighted by Crippen LogP contribution is -2.38. The van der Waals surface area contributed by atoms with Gasteiger partial charge in [-0.05, 0) is 19.8 Å². The first-order chi connectivity index (χ1) is 8.87. The third-order valence-electron chi connectivity index (χ3n) is 2.88. The lowest BCUT2D eigenvalue weighted by Gasteiger charge is -2.19. The van der Waals surface area contributed by atoms with Gasteiger partial charge in [-0.15, -0.1) is 0 Å². The van der Waals surface area contributed by atoms with Gasteiger partial charge < -0.3 is 19.9 Å². The van der Waals surface area contributed by atoms with Crippen molar-refractivity contribution in [1.29, 1.82) is 0 Å². The Hall–Kier alpha value is -0.370. The molecule has 2 N–H and O–H groups in total. The van der Waals surface area contributed by atoms with Crippen molar-refractivity contribution in [3.8, 4) is 0 Å². The molecule has 1 saturated heterocycles. The van der Waals surface area contributed by atoms with E-state index in [1.165, 1.54) is 6.92 Å². The maximum atomic E-state index is 12.1. The minimum atomic E-state index is -4.19. The summed E-state index contributed by atoms with van der Waals surface area (Å²) >= 11 is 0. The fourth-order valence-electron chi connectivity index (χ4n) is 1.93. The molecule has 0 saturated carbocycles. The third-order valence-corrected chi connectivity index (χ3v) is 2.88. The van der Waals surface area contributed by atoms with Crippen LogP contribution in [-0.2, 0) is 9.47 Å². The summed E-state index contributed by atoms with van der Waals surface area (Å²) in [7, 11) is 0. The monoisotopic (exact) mass is 285 g/mol. The standard InChI is InChI=1S/C12H22F3NO3/c1-9(5-12(13,14)15)16-6-10(17)7-18-8-11-3-2-4-19-11/h9-11,16-17H,2-8H2,1H3. The molecular formula is C12H22F3NO3. The summed E-state index contributed by atoms with van der Waals surface area (Å²) in [4.78, 5) is 0.